The Hall–Kier alpha value is -1.69. The second-order valence-electron chi connectivity index (χ2n) is 6.19. The molecule has 0 radical (unpaired) electrons. The van der Waals surface area contributed by atoms with Crippen molar-refractivity contribution in [2.45, 2.75) is 38.3 Å². The Balaban J connectivity index is 1.99. The monoisotopic (exact) mass is 379 g/mol. The van der Waals surface area contributed by atoms with Crippen LogP contribution in [-0.4, -0.2) is 43.3 Å². The number of benzene rings is 1. The number of carbonyl (C=O) groups excluding carboxylic acids is 1. The maximum absolute atomic E-state index is 13.3. The van der Waals surface area contributed by atoms with Gasteiger partial charge in [0.1, 0.15) is 5.72 Å². The molecular weight excluding hydrogens is 344 g/mol. The summed E-state index contributed by atoms with van der Waals surface area (Å²) in [5, 5.41) is 2.03. The van der Waals surface area contributed by atoms with Crippen LogP contribution in [0.5, 0.6) is 0 Å². The van der Waals surface area contributed by atoms with Crippen LogP contribution in [0, 0.1) is 0 Å². The van der Waals surface area contributed by atoms with Crippen LogP contribution < -0.4 is 4.90 Å². The van der Waals surface area contributed by atoms with Crippen molar-refractivity contribution in [2.75, 3.05) is 31.6 Å². The minimum Gasteiger partial charge on any atom is -0.358 e. The number of carbonyl (C=O) groups is 1. The maximum atomic E-state index is 13.3. The molecule has 3 rings (SSSR count). The van der Waals surface area contributed by atoms with Gasteiger partial charge in [-0.1, -0.05) is 31.1 Å². The number of para-hydroxylation sites is 1. The van der Waals surface area contributed by atoms with E-state index in [1.807, 2.05) is 11.4 Å². The van der Waals surface area contributed by atoms with Gasteiger partial charge in [-0.2, -0.15) is 0 Å². The number of likely N-dealkylation sites (tertiary alicyclic amines) is 1. The molecule has 0 unspecified atom stereocenters. The lowest BCUT2D eigenvalue weighted by atomic mass is 9.96. The zero-order valence-corrected chi connectivity index (χ0v) is 15.9. The van der Waals surface area contributed by atoms with Crippen molar-refractivity contribution in [2.24, 2.45) is 0 Å². The lowest BCUT2D eigenvalue weighted by molar-refractivity contribution is -0.128. The highest BCUT2D eigenvalue weighted by Gasteiger charge is 2.42. The van der Waals surface area contributed by atoms with E-state index in [0.717, 1.165) is 24.8 Å². The predicted molar refractivity (Wildman–Crippen MR) is 108 cm³/mol. The summed E-state index contributed by atoms with van der Waals surface area (Å²) < 4.78 is 62.5. The smallest absolute Gasteiger partial charge is 0.229 e. The van der Waals surface area contributed by atoms with E-state index in [0.29, 0.717) is 25.9 Å². The highest BCUT2D eigenvalue weighted by Crippen LogP contribution is 2.34. The molecule has 0 saturated carbocycles. The quantitative estimate of drug-likeness (QED) is 0.677. The molecule has 1 saturated heterocycles. The second kappa shape index (κ2) is 8.80. The third-order valence-corrected chi connectivity index (χ3v) is 5.74. The number of nitrogens with zero attached hydrogens (tertiary/aromatic N) is 2. The maximum Gasteiger partial charge on any atom is 0.229 e. The number of hydrogen-bond donors (Lipinski definition) is 0. The van der Waals surface area contributed by atoms with Crippen molar-refractivity contribution in [3.63, 3.8) is 0 Å². The minimum atomic E-state index is -2.34. The van der Waals surface area contributed by atoms with Gasteiger partial charge in [0.05, 0.1) is 6.85 Å². The fourth-order valence-corrected chi connectivity index (χ4v) is 4.02. The molecular formula is C21H28N2O2S. The first-order valence-electron chi connectivity index (χ1n) is 12.1. The minimum absolute atomic E-state index is 0.304. The summed E-state index contributed by atoms with van der Waals surface area (Å²) in [6.07, 6.45) is -0.846. The van der Waals surface area contributed by atoms with E-state index < -0.39 is 48.2 Å². The topological polar surface area (TPSA) is 32.8 Å². The molecule has 1 aromatic heterocycles. The third-order valence-electron chi connectivity index (χ3n) is 4.81. The summed E-state index contributed by atoms with van der Waals surface area (Å²) in [5.41, 5.74) is -1.70. The number of anilines is 1. The van der Waals surface area contributed by atoms with E-state index >= 15 is 0 Å². The van der Waals surface area contributed by atoms with Crippen LogP contribution in [0.3, 0.4) is 0 Å². The average molecular weight is 380 g/mol. The lowest BCUT2D eigenvalue weighted by Gasteiger charge is -2.47. The van der Waals surface area contributed by atoms with E-state index in [2.05, 4.69) is 11.0 Å². The summed E-state index contributed by atoms with van der Waals surface area (Å²) >= 11 is 1.69. The number of piperidine rings is 1. The first kappa shape index (κ1) is 11.9. The number of amides is 1. The first-order valence-corrected chi connectivity index (χ1v) is 9.52. The fraction of sp³-hybridized carbons (Fsp3) is 0.476. The highest BCUT2D eigenvalue weighted by atomic mass is 32.1. The Morgan fingerprint density at radius 1 is 1.38 bits per heavy atom. The van der Waals surface area contributed by atoms with Crippen molar-refractivity contribution >= 4 is 22.9 Å². The molecule has 1 aliphatic heterocycles. The van der Waals surface area contributed by atoms with Crippen LogP contribution in [0.1, 0.15) is 40.6 Å². The summed E-state index contributed by atoms with van der Waals surface area (Å²) in [6.45, 7) is 3.01. The molecule has 1 amide bonds. The van der Waals surface area contributed by atoms with Crippen LogP contribution in [-0.2, 0) is 16.0 Å². The van der Waals surface area contributed by atoms with Crippen LogP contribution in [0.4, 0.5) is 5.69 Å². The first-order chi connectivity index (χ1) is 15.4. The number of ether oxygens (including phenoxy) is 1. The normalized spacial score (nSPS) is 21.5. The third kappa shape index (κ3) is 4.17. The van der Waals surface area contributed by atoms with E-state index in [4.69, 9.17) is 14.3 Å². The molecule has 140 valence electrons. The molecule has 1 fully saturated rings. The fourth-order valence-electron chi connectivity index (χ4n) is 3.33. The van der Waals surface area contributed by atoms with Gasteiger partial charge in [-0.25, -0.2) is 0 Å². The van der Waals surface area contributed by atoms with Gasteiger partial charge in [-0.05, 0) is 30.0 Å². The SMILES string of the molecule is [2H]c1c([2H])c([2H])c(N(C(=O)C([2H])([2H])C)C2(OC)CCN(CCc3cccs3)CC2)c([2H])c1[2H]. The van der Waals surface area contributed by atoms with Gasteiger partial charge in [0.15, 0.2) is 0 Å². The molecule has 4 nitrogen and oxygen atoms in total. The van der Waals surface area contributed by atoms with Gasteiger partial charge in [0, 0.05) is 59.3 Å². The van der Waals surface area contributed by atoms with Gasteiger partial charge in [-0.15, -0.1) is 11.3 Å². The molecule has 0 spiro atoms. The van der Waals surface area contributed by atoms with Crippen molar-refractivity contribution in [1.82, 2.24) is 4.90 Å². The van der Waals surface area contributed by atoms with Crippen molar-refractivity contribution in [3.8, 4) is 0 Å². The van der Waals surface area contributed by atoms with Gasteiger partial charge < -0.3 is 9.64 Å². The largest absolute Gasteiger partial charge is 0.358 e. The zero-order chi connectivity index (χ0) is 24.6. The Labute approximate surface area is 170 Å². The van der Waals surface area contributed by atoms with E-state index in [9.17, 15) is 4.79 Å². The molecule has 1 aliphatic rings. The van der Waals surface area contributed by atoms with Gasteiger partial charge in [-0.3, -0.25) is 9.69 Å². The summed E-state index contributed by atoms with van der Waals surface area (Å²) in [5.74, 6) is -1.00. The van der Waals surface area contributed by atoms with Gasteiger partial charge in [0.25, 0.3) is 0 Å². The number of rotatable bonds is 7. The molecule has 2 aromatic rings. The standard InChI is InChI=1S/C21H28N2O2S/c1-3-20(24)23(18-8-5-4-6-9-18)21(25-2)12-15-22(16-13-21)14-11-19-10-7-17-26-19/h4-10,17H,3,11-16H2,1-2H3/i3D2,4D,5D,6D,8D,9D. The molecule has 0 atom stereocenters. The van der Waals surface area contributed by atoms with Crippen molar-refractivity contribution in [1.29, 1.82) is 0 Å². The Morgan fingerprint density at radius 3 is 2.69 bits per heavy atom. The van der Waals surface area contributed by atoms with Gasteiger partial charge in [0.2, 0.25) is 5.91 Å². The predicted octanol–water partition coefficient (Wildman–Crippen LogP) is 4.17. The Kier molecular flexibility index (Phi) is 4.03. The molecule has 0 aliphatic carbocycles. The molecule has 0 bridgehead atoms. The molecule has 26 heavy (non-hydrogen) atoms. The number of thiophene rings is 1. The van der Waals surface area contributed by atoms with E-state index in [1.54, 1.807) is 11.3 Å². The van der Waals surface area contributed by atoms with Crippen LogP contribution in [0.25, 0.3) is 0 Å². The van der Waals surface area contributed by atoms with Crippen LogP contribution >= 0.6 is 11.3 Å². The summed E-state index contributed by atoms with van der Waals surface area (Å²) in [6, 6.07) is 1.23. The number of hydrogen-bond acceptors (Lipinski definition) is 4. The molecule has 1 aromatic carbocycles. The summed E-state index contributed by atoms with van der Waals surface area (Å²) in [4.78, 5) is 17.8. The Bertz CT molecular complexity index is 974. The van der Waals surface area contributed by atoms with Crippen LogP contribution in [0.2, 0.25) is 0 Å². The van der Waals surface area contributed by atoms with Crippen molar-refractivity contribution in [3.05, 3.63) is 52.6 Å². The van der Waals surface area contributed by atoms with E-state index in [-0.39, 0.29) is 5.69 Å². The van der Waals surface area contributed by atoms with Crippen LogP contribution in [0.15, 0.2) is 47.7 Å². The average Bonchev–Trinajstić information content (AvgIpc) is 3.31. The molecule has 0 N–H and O–H groups in total. The zero-order valence-electron chi connectivity index (χ0n) is 22.1. The van der Waals surface area contributed by atoms with E-state index in [1.165, 1.54) is 12.0 Å². The van der Waals surface area contributed by atoms with Crippen molar-refractivity contribution < 1.29 is 19.1 Å². The lowest BCUT2D eigenvalue weighted by Crippen LogP contribution is -2.59. The van der Waals surface area contributed by atoms with Gasteiger partial charge >= 0.3 is 0 Å². The highest BCUT2D eigenvalue weighted by molar-refractivity contribution is 7.09. The summed E-state index contributed by atoms with van der Waals surface area (Å²) in [7, 11) is 1.40. The Morgan fingerprint density at radius 2 is 2.12 bits per heavy atom. The second-order valence-corrected chi connectivity index (χ2v) is 7.22. The molecule has 2 heterocycles. The number of methoxy groups -OCH3 is 1. The molecule has 5 heteroatoms.